The van der Waals surface area contributed by atoms with Crippen molar-refractivity contribution in [1.82, 2.24) is 39.2 Å². The molecular weight excluding hydrogens is 637 g/mol. The first-order chi connectivity index (χ1) is 23.7. The first-order valence-electron chi connectivity index (χ1n) is 15.8. The summed E-state index contributed by atoms with van der Waals surface area (Å²) in [7, 11) is 3.32. The number of rotatable bonds is 3. The highest BCUT2D eigenvalue weighted by atomic mass is 19.1. The Morgan fingerprint density at radius 2 is 1.78 bits per heavy atom. The number of carbonyl (C=O) groups excluding carboxylic acids is 1. The van der Waals surface area contributed by atoms with Gasteiger partial charge in [-0.1, -0.05) is 12.1 Å². The van der Waals surface area contributed by atoms with Gasteiger partial charge in [-0.15, -0.1) is 0 Å². The zero-order chi connectivity index (χ0) is 34.0. The molecule has 49 heavy (non-hydrogen) atoms. The van der Waals surface area contributed by atoms with Gasteiger partial charge in [-0.05, 0) is 43.7 Å². The van der Waals surface area contributed by atoms with Crippen molar-refractivity contribution in [2.24, 2.45) is 0 Å². The Bertz CT molecular complexity index is 2230. The molecular formula is C34H31F3N10O2. The van der Waals surface area contributed by atoms with Crippen LogP contribution in [-0.2, 0) is 16.1 Å². The molecule has 0 unspecified atom stereocenters. The number of pyridine rings is 1. The molecule has 6 aromatic rings. The standard InChI is InChI=1S/C34H31F3N10O2/c1-18-41-27-11-19(35)10-22-26-8-5-9-29(43-26)42-20-12-28(34(48)44(2)15-21(49-3)16-45(18)30(22)27)46(14-20)32-23-13-40-47(33(23)39-17-38-32)31-24(36)6-4-7-25(31)37/h4-11,13,17,20-21,28H,12,14-16H2,1-3H3,(H,42,43)/t20-,21-,28-/m0/s1. The number of benzene rings is 2. The van der Waals surface area contributed by atoms with Gasteiger partial charge in [-0.3, -0.25) is 4.79 Å². The van der Waals surface area contributed by atoms with E-state index in [-0.39, 0.29) is 29.8 Å². The SMILES string of the molecule is CO[C@H]1CN(C)C(=O)[C@@H]2C[C@@H](CN2c2ncnc3c2cnn3-c2c(F)cccc2F)Nc2cccc(n2)-c2cc(F)cc3nc(C)n(c23)C1. The summed E-state index contributed by atoms with van der Waals surface area (Å²) in [5.74, 6) is -0.566. The first-order valence-corrected chi connectivity index (χ1v) is 15.8. The van der Waals surface area contributed by atoms with Crippen LogP contribution >= 0.6 is 0 Å². The van der Waals surface area contributed by atoms with Gasteiger partial charge in [0.15, 0.2) is 17.3 Å². The molecule has 6 heterocycles. The van der Waals surface area contributed by atoms with E-state index in [2.05, 4.69) is 25.4 Å². The Kier molecular flexibility index (Phi) is 7.43. The van der Waals surface area contributed by atoms with Gasteiger partial charge >= 0.3 is 0 Å². The van der Waals surface area contributed by atoms with Crippen LogP contribution in [0.4, 0.5) is 24.8 Å². The first kappa shape index (κ1) is 30.7. The van der Waals surface area contributed by atoms with Crippen molar-refractivity contribution in [3.05, 3.63) is 84.3 Å². The van der Waals surface area contributed by atoms with Gasteiger partial charge in [0.25, 0.3) is 0 Å². The third-order valence-corrected chi connectivity index (χ3v) is 9.30. The molecule has 2 aliphatic heterocycles. The van der Waals surface area contributed by atoms with Crippen molar-refractivity contribution in [3.8, 4) is 16.9 Å². The number of halogens is 3. The summed E-state index contributed by atoms with van der Waals surface area (Å²) in [6.45, 7) is 2.79. The van der Waals surface area contributed by atoms with Gasteiger partial charge in [-0.25, -0.2) is 37.8 Å². The summed E-state index contributed by atoms with van der Waals surface area (Å²) >= 11 is 0. The quantitative estimate of drug-likeness (QED) is 0.291. The molecule has 1 N–H and O–H groups in total. The van der Waals surface area contributed by atoms with Crippen LogP contribution < -0.4 is 10.2 Å². The fraction of sp³-hybridized carbons (Fsp3) is 0.294. The average Bonchev–Trinajstić information content (AvgIpc) is 3.78. The molecule has 1 saturated heterocycles. The molecule has 250 valence electrons. The summed E-state index contributed by atoms with van der Waals surface area (Å²) in [6, 6.07) is 11.0. The maximum atomic E-state index is 14.9. The predicted octanol–water partition coefficient (Wildman–Crippen LogP) is 4.50. The van der Waals surface area contributed by atoms with Gasteiger partial charge in [0.1, 0.15) is 41.3 Å². The molecule has 1 amide bonds. The van der Waals surface area contributed by atoms with E-state index in [0.717, 1.165) is 22.3 Å². The van der Waals surface area contributed by atoms with Crippen LogP contribution in [0.3, 0.4) is 0 Å². The number of aromatic nitrogens is 7. The lowest BCUT2D eigenvalue weighted by Crippen LogP contribution is -2.47. The molecule has 15 heteroatoms. The van der Waals surface area contributed by atoms with Gasteiger partial charge in [-0.2, -0.15) is 5.10 Å². The largest absolute Gasteiger partial charge is 0.378 e. The number of likely N-dealkylation sites (N-methyl/N-ethyl adjacent to an activating group) is 1. The number of aryl methyl sites for hydroxylation is 1. The van der Waals surface area contributed by atoms with Gasteiger partial charge < -0.3 is 24.4 Å². The van der Waals surface area contributed by atoms with E-state index in [9.17, 15) is 18.0 Å². The Morgan fingerprint density at radius 3 is 2.57 bits per heavy atom. The average molecular weight is 669 g/mol. The molecule has 4 bridgehead atoms. The Morgan fingerprint density at radius 1 is 0.980 bits per heavy atom. The second kappa shape index (κ2) is 11.8. The number of nitrogens with zero attached hydrogens (tertiary/aromatic N) is 9. The summed E-state index contributed by atoms with van der Waals surface area (Å²) in [5, 5.41) is 8.18. The van der Waals surface area contributed by atoms with Gasteiger partial charge in [0.05, 0.1) is 41.0 Å². The Balaban J connectivity index is 1.23. The molecule has 0 saturated carbocycles. The highest BCUT2D eigenvalue weighted by Gasteiger charge is 2.41. The maximum absolute atomic E-state index is 14.9. The van der Waals surface area contributed by atoms with E-state index in [1.807, 2.05) is 34.6 Å². The number of anilines is 2. The topological polar surface area (TPSA) is 119 Å². The zero-order valence-electron chi connectivity index (χ0n) is 26.8. The van der Waals surface area contributed by atoms with Crippen LogP contribution in [0, 0.1) is 24.4 Å². The Labute approximate surface area is 278 Å². The molecule has 0 aliphatic carbocycles. The van der Waals surface area contributed by atoms with E-state index in [1.165, 1.54) is 30.7 Å². The second-order valence-electron chi connectivity index (χ2n) is 12.4. The molecule has 3 atom stereocenters. The molecule has 1 fully saturated rings. The minimum atomic E-state index is -0.794. The third-order valence-electron chi connectivity index (χ3n) is 9.30. The van der Waals surface area contributed by atoms with Crippen molar-refractivity contribution < 1.29 is 22.7 Å². The summed E-state index contributed by atoms with van der Waals surface area (Å²) in [5.41, 5.74) is 2.21. The smallest absolute Gasteiger partial charge is 0.245 e. The lowest BCUT2D eigenvalue weighted by Gasteiger charge is -2.30. The van der Waals surface area contributed by atoms with Crippen molar-refractivity contribution >= 4 is 39.6 Å². The number of para-hydroxylation sites is 1. The summed E-state index contributed by atoms with van der Waals surface area (Å²) in [4.78, 5) is 36.2. The van der Waals surface area contributed by atoms with Crippen molar-refractivity contribution in [2.45, 2.75) is 38.1 Å². The summed E-state index contributed by atoms with van der Waals surface area (Å²) < 4.78 is 53.5. The lowest BCUT2D eigenvalue weighted by molar-refractivity contribution is -0.132. The number of amides is 1. The zero-order valence-corrected chi connectivity index (χ0v) is 26.8. The normalized spacial score (nSPS) is 19.7. The number of nitrogens with one attached hydrogen (secondary N) is 1. The highest BCUT2D eigenvalue weighted by Crippen LogP contribution is 2.35. The molecule has 0 spiro atoms. The molecule has 2 aliphatic rings. The molecule has 2 aromatic carbocycles. The molecule has 12 nitrogen and oxygen atoms in total. The van der Waals surface area contributed by atoms with E-state index in [4.69, 9.17) is 9.72 Å². The van der Waals surface area contributed by atoms with Gasteiger partial charge in [0, 0.05) is 44.9 Å². The minimum absolute atomic E-state index is 0.169. The van der Waals surface area contributed by atoms with Crippen molar-refractivity contribution in [2.75, 3.05) is 37.5 Å². The third kappa shape index (κ3) is 5.21. The fourth-order valence-electron chi connectivity index (χ4n) is 7.03. The summed E-state index contributed by atoms with van der Waals surface area (Å²) in [6.07, 6.45) is 2.70. The van der Waals surface area contributed by atoms with Crippen molar-refractivity contribution in [1.29, 1.82) is 0 Å². The van der Waals surface area contributed by atoms with E-state index in [1.54, 1.807) is 19.1 Å². The van der Waals surface area contributed by atoms with Crippen LogP contribution in [0.2, 0.25) is 0 Å². The molecule has 8 rings (SSSR count). The predicted molar refractivity (Wildman–Crippen MR) is 176 cm³/mol. The molecule has 0 radical (unpaired) electrons. The highest BCUT2D eigenvalue weighted by molar-refractivity contribution is 5.93. The van der Waals surface area contributed by atoms with Crippen LogP contribution in [0.1, 0.15) is 12.2 Å². The number of ether oxygens (including phenoxy) is 1. The van der Waals surface area contributed by atoms with Gasteiger partial charge in [0.2, 0.25) is 5.91 Å². The maximum Gasteiger partial charge on any atom is 0.245 e. The van der Waals surface area contributed by atoms with Crippen LogP contribution in [0.15, 0.2) is 61.1 Å². The van der Waals surface area contributed by atoms with E-state index >= 15 is 0 Å². The van der Waals surface area contributed by atoms with E-state index < -0.39 is 29.6 Å². The second-order valence-corrected chi connectivity index (χ2v) is 12.4. The van der Waals surface area contributed by atoms with E-state index in [0.29, 0.717) is 59.1 Å². The number of imidazole rings is 1. The monoisotopic (exact) mass is 668 g/mol. The van der Waals surface area contributed by atoms with Crippen LogP contribution in [0.5, 0.6) is 0 Å². The van der Waals surface area contributed by atoms with Crippen LogP contribution in [-0.4, -0.2) is 90.5 Å². The van der Waals surface area contributed by atoms with Crippen molar-refractivity contribution in [3.63, 3.8) is 0 Å². The van der Waals surface area contributed by atoms with Crippen LogP contribution in [0.25, 0.3) is 39.0 Å². The lowest BCUT2D eigenvalue weighted by atomic mass is 10.1. The number of hydrogen-bond donors (Lipinski definition) is 1. The fourth-order valence-corrected chi connectivity index (χ4v) is 7.03. The number of fused-ring (bicyclic) bond motifs is 6. The molecule has 4 aromatic heterocycles. The number of methoxy groups -OCH3 is 1. The minimum Gasteiger partial charge on any atom is -0.378 e. The number of carbonyl (C=O) groups is 1. The Hall–Kier alpha value is -5.57. The number of hydrogen-bond acceptors (Lipinski definition) is 9.